The fraction of sp³-hybridized carbons (Fsp3) is 0.438. The zero-order valence-corrected chi connectivity index (χ0v) is 13.9. The minimum atomic E-state index is -0.119. The van der Waals surface area contributed by atoms with Crippen molar-refractivity contribution >= 4 is 23.3 Å². The molecule has 2 amide bonds. The number of amides is 2. The second-order valence-corrected chi connectivity index (χ2v) is 6.67. The van der Waals surface area contributed by atoms with E-state index in [9.17, 15) is 4.79 Å². The van der Waals surface area contributed by atoms with Crippen LogP contribution >= 0.6 is 11.3 Å². The SMILES string of the molecule is CC(NC(=O)NC1CCCN(c2ncccn2)C1)c1cccs1. The Labute approximate surface area is 140 Å². The summed E-state index contributed by atoms with van der Waals surface area (Å²) in [4.78, 5) is 24.0. The van der Waals surface area contributed by atoms with Crippen molar-refractivity contribution in [2.24, 2.45) is 0 Å². The molecule has 3 heterocycles. The standard InChI is InChI=1S/C16H21N5OS/c1-12(14-6-3-10-23-14)19-16(22)20-13-5-2-9-21(11-13)15-17-7-4-8-18-15/h3-4,6-8,10,12-13H,2,5,9,11H2,1H3,(H2,19,20,22). The molecule has 2 unspecified atom stereocenters. The summed E-state index contributed by atoms with van der Waals surface area (Å²) < 4.78 is 0. The van der Waals surface area contributed by atoms with Gasteiger partial charge < -0.3 is 15.5 Å². The number of anilines is 1. The normalized spacial score (nSPS) is 19.2. The second-order valence-electron chi connectivity index (χ2n) is 5.69. The lowest BCUT2D eigenvalue weighted by Crippen LogP contribution is -2.51. The smallest absolute Gasteiger partial charge is 0.315 e. The number of nitrogens with zero attached hydrogens (tertiary/aromatic N) is 3. The number of aromatic nitrogens is 2. The van der Waals surface area contributed by atoms with Crippen LogP contribution in [-0.4, -0.2) is 35.1 Å². The molecule has 1 aliphatic rings. The maximum atomic E-state index is 12.2. The Bertz CT molecular complexity index is 619. The van der Waals surface area contributed by atoms with Gasteiger partial charge in [0.25, 0.3) is 0 Å². The van der Waals surface area contributed by atoms with E-state index in [1.54, 1.807) is 23.7 Å². The Morgan fingerprint density at radius 3 is 2.96 bits per heavy atom. The number of urea groups is 1. The van der Waals surface area contributed by atoms with Crippen molar-refractivity contribution in [3.63, 3.8) is 0 Å². The van der Waals surface area contributed by atoms with Crippen molar-refractivity contribution in [2.45, 2.75) is 31.8 Å². The van der Waals surface area contributed by atoms with E-state index < -0.39 is 0 Å². The van der Waals surface area contributed by atoms with Crippen molar-refractivity contribution in [1.29, 1.82) is 0 Å². The van der Waals surface area contributed by atoms with Crippen molar-refractivity contribution in [3.8, 4) is 0 Å². The molecule has 0 saturated carbocycles. The van der Waals surface area contributed by atoms with E-state index in [-0.39, 0.29) is 18.1 Å². The number of rotatable bonds is 4. The Morgan fingerprint density at radius 1 is 1.39 bits per heavy atom. The highest BCUT2D eigenvalue weighted by Crippen LogP contribution is 2.18. The molecule has 2 aromatic heterocycles. The van der Waals surface area contributed by atoms with Crippen LogP contribution in [0, 0.1) is 0 Å². The molecule has 0 aliphatic carbocycles. The Balaban J connectivity index is 1.52. The molecule has 1 saturated heterocycles. The average Bonchev–Trinajstić information content (AvgIpc) is 3.10. The maximum absolute atomic E-state index is 12.2. The predicted octanol–water partition coefficient (Wildman–Crippen LogP) is 2.57. The number of thiophene rings is 1. The molecule has 0 radical (unpaired) electrons. The van der Waals surface area contributed by atoms with Gasteiger partial charge in [-0.1, -0.05) is 6.07 Å². The first-order chi connectivity index (χ1) is 11.2. The van der Waals surface area contributed by atoms with Crippen molar-refractivity contribution in [2.75, 3.05) is 18.0 Å². The molecule has 2 atom stereocenters. The number of hydrogen-bond donors (Lipinski definition) is 2. The van der Waals surface area contributed by atoms with Crippen LogP contribution in [0.15, 0.2) is 36.0 Å². The van der Waals surface area contributed by atoms with Gasteiger partial charge in [0, 0.05) is 36.4 Å². The molecule has 23 heavy (non-hydrogen) atoms. The molecule has 0 aromatic carbocycles. The fourth-order valence-corrected chi connectivity index (χ4v) is 3.50. The molecule has 6 nitrogen and oxygen atoms in total. The number of nitrogens with one attached hydrogen (secondary N) is 2. The van der Waals surface area contributed by atoms with Gasteiger partial charge in [-0.05, 0) is 37.3 Å². The second kappa shape index (κ2) is 7.41. The number of hydrogen-bond acceptors (Lipinski definition) is 5. The molecule has 2 aromatic rings. The van der Waals surface area contributed by atoms with Gasteiger partial charge in [0.2, 0.25) is 5.95 Å². The van der Waals surface area contributed by atoms with Gasteiger partial charge in [-0.3, -0.25) is 0 Å². The fourth-order valence-electron chi connectivity index (χ4n) is 2.76. The van der Waals surface area contributed by atoms with Crippen LogP contribution in [0.25, 0.3) is 0 Å². The molecule has 1 fully saturated rings. The van der Waals surface area contributed by atoms with Crippen LogP contribution in [0.2, 0.25) is 0 Å². The Kier molecular flexibility index (Phi) is 5.07. The highest BCUT2D eigenvalue weighted by atomic mass is 32.1. The van der Waals surface area contributed by atoms with E-state index in [0.29, 0.717) is 0 Å². The van der Waals surface area contributed by atoms with E-state index >= 15 is 0 Å². The van der Waals surface area contributed by atoms with Gasteiger partial charge >= 0.3 is 6.03 Å². The topological polar surface area (TPSA) is 70.2 Å². The molecule has 3 rings (SSSR count). The summed E-state index contributed by atoms with van der Waals surface area (Å²) in [6.07, 6.45) is 5.48. The third-order valence-electron chi connectivity index (χ3n) is 3.91. The monoisotopic (exact) mass is 331 g/mol. The summed E-state index contributed by atoms with van der Waals surface area (Å²) in [7, 11) is 0. The molecular formula is C16H21N5OS. The van der Waals surface area contributed by atoms with E-state index in [2.05, 4.69) is 25.5 Å². The van der Waals surface area contributed by atoms with Crippen molar-refractivity contribution in [1.82, 2.24) is 20.6 Å². The largest absolute Gasteiger partial charge is 0.339 e. The summed E-state index contributed by atoms with van der Waals surface area (Å²) in [5.74, 6) is 0.728. The molecule has 122 valence electrons. The lowest BCUT2D eigenvalue weighted by molar-refractivity contribution is 0.232. The first-order valence-electron chi connectivity index (χ1n) is 7.85. The van der Waals surface area contributed by atoms with E-state index in [0.717, 1.165) is 36.8 Å². The lowest BCUT2D eigenvalue weighted by Gasteiger charge is -2.33. The van der Waals surface area contributed by atoms with Crippen LogP contribution < -0.4 is 15.5 Å². The quantitative estimate of drug-likeness (QED) is 0.903. The van der Waals surface area contributed by atoms with Gasteiger partial charge in [-0.2, -0.15) is 0 Å². The summed E-state index contributed by atoms with van der Waals surface area (Å²) >= 11 is 1.65. The summed E-state index contributed by atoms with van der Waals surface area (Å²) in [5.41, 5.74) is 0. The van der Waals surface area contributed by atoms with Gasteiger partial charge in [-0.15, -0.1) is 11.3 Å². The van der Waals surface area contributed by atoms with Crippen LogP contribution in [0.4, 0.5) is 10.7 Å². The molecule has 2 N–H and O–H groups in total. The van der Waals surface area contributed by atoms with Crippen LogP contribution in [-0.2, 0) is 0 Å². The zero-order chi connectivity index (χ0) is 16.1. The maximum Gasteiger partial charge on any atom is 0.315 e. The highest BCUT2D eigenvalue weighted by molar-refractivity contribution is 7.10. The summed E-state index contributed by atoms with van der Waals surface area (Å²) in [6, 6.07) is 5.85. The minimum absolute atomic E-state index is 0.0205. The van der Waals surface area contributed by atoms with Crippen LogP contribution in [0.1, 0.15) is 30.7 Å². The molecule has 0 spiro atoms. The van der Waals surface area contributed by atoms with Gasteiger partial charge in [0.05, 0.1) is 6.04 Å². The van der Waals surface area contributed by atoms with Gasteiger partial charge in [0.1, 0.15) is 0 Å². The van der Waals surface area contributed by atoms with Crippen LogP contribution in [0.5, 0.6) is 0 Å². The number of piperidine rings is 1. The van der Waals surface area contributed by atoms with Crippen molar-refractivity contribution < 1.29 is 4.79 Å². The average molecular weight is 331 g/mol. The third kappa shape index (κ3) is 4.19. The van der Waals surface area contributed by atoms with Gasteiger partial charge in [0.15, 0.2) is 0 Å². The Morgan fingerprint density at radius 2 is 2.22 bits per heavy atom. The molecular weight excluding hydrogens is 310 g/mol. The van der Waals surface area contributed by atoms with Crippen molar-refractivity contribution in [3.05, 3.63) is 40.8 Å². The van der Waals surface area contributed by atoms with E-state index in [1.807, 2.05) is 30.5 Å². The molecule has 7 heteroatoms. The van der Waals surface area contributed by atoms with E-state index in [1.165, 1.54) is 0 Å². The van der Waals surface area contributed by atoms with Gasteiger partial charge in [-0.25, -0.2) is 14.8 Å². The first kappa shape index (κ1) is 15.7. The summed E-state index contributed by atoms with van der Waals surface area (Å²) in [5, 5.41) is 8.08. The zero-order valence-electron chi connectivity index (χ0n) is 13.1. The predicted molar refractivity (Wildman–Crippen MR) is 91.7 cm³/mol. The number of carbonyl (C=O) groups excluding carboxylic acids is 1. The number of carbonyl (C=O) groups is 1. The summed E-state index contributed by atoms with van der Waals surface area (Å²) in [6.45, 7) is 3.66. The minimum Gasteiger partial charge on any atom is -0.339 e. The molecule has 0 bridgehead atoms. The first-order valence-corrected chi connectivity index (χ1v) is 8.73. The van der Waals surface area contributed by atoms with Crippen LogP contribution in [0.3, 0.4) is 0 Å². The molecule has 1 aliphatic heterocycles. The van der Waals surface area contributed by atoms with E-state index in [4.69, 9.17) is 0 Å². The highest BCUT2D eigenvalue weighted by Gasteiger charge is 2.23. The third-order valence-corrected chi connectivity index (χ3v) is 4.96. The lowest BCUT2D eigenvalue weighted by atomic mass is 10.1. The Hall–Kier alpha value is -2.15.